The lowest BCUT2D eigenvalue weighted by Crippen LogP contribution is -2.05. The lowest BCUT2D eigenvalue weighted by atomic mass is 9.98. The second kappa shape index (κ2) is 5.70. The van der Waals surface area contributed by atoms with Crippen molar-refractivity contribution in [1.82, 2.24) is 0 Å². The van der Waals surface area contributed by atoms with Crippen molar-refractivity contribution in [3.05, 3.63) is 0 Å². The summed E-state index contributed by atoms with van der Waals surface area (Å²) in [6.45, 7) is 8.95. The molecule has 11 heavy (non-hydrogen) atoms. The zero-order valence-corrected chi connectivity index (χ0v) is 9.00. The highest BCUT2D eigenvalue weighted by Crippen LogP contribution is 2.12. The summed E-state index contributed by atoms with van der Waals surface area (Å²) in [4.78, 5) is 1.26. The highest BCUT2D eigenvalue weighted by atomic mass is 32.1. The Morgan fingerprint density at radius 3 is 2.09 bits per heavy atom. The lowest BCUT2D eigenvalue weighted by molar-refractivity contribution is 0.576. The predicted octanol–water partition coefficient (Wildman–Crippen LogP) is 3.84. The van der Waals surface area contributed by atoms with E-state index < -0.39 is 0 Å². The molecule has 0 nitrogen and oxygen atoms in total. The highest BCUT2D eigenvalue weighted by molar-refractivity contribution is 7.80. The summed E-state index contributed by atoms with van der Waals surface area (Å²) in [7, 11) is 0. The summed E-state index contributed by atoms with van der Waals surface area (Å²) in [6, 6.07) is 0. The maximum absolute atomic E-state index is 5.27. The molecular weight excluding hydrogens is 152 g/mol. The molecule has 1 unspecified atom stereocenters. The largest absolute Gasteiger partial charge is 0.0897 e. The molecule has 0 heterocycles. The Hall–Kier alpha value is 0.0900. The van der Waals surface area contributed by atoms with E-state index in [2.05, 4.69) is 27.7 Å². The van der Waals surface area contributed by atoms with E-state index in [0.29, 0.717) is 0 Å². The van der Waals surface area contributed by atoms with E-state index in [1.54, 1.807) is 0 Å². The maximum Gasteiger partial charge on any atom is -0.00663 e. The van der Waals surface area contributed by atoms with E-state index in [0.717, 1.165) is 24.7 Å². The maximum atomic E-state index is 5.27. The Morgan fingerprint density at radius 1 is 1.18 bits per heavy atom. The van der Waals surface area contributed by atoms with Gasteiger partial charge in [-0.05, 0) is 29.5 Å². The molecule has 0 N–H and O–H groups in total. The molecule has 0 aromatic carbocycles. The zero-order valence-electron chi connectivity index (χ0n) is 8.18. The molecule has 0 saturated carbocycles. The standard InChI is InChI=1S/C10H20S/c1-5-9(4)7-10(11)6-8(2)3/h8-9H,5-7H2,1-4H3. The molecule has 0 rings (SSSR count). The van der Waals surface area contributed by atoms with Crippen LogP contribution < -0.4 is 0 Å². The van der Waals surface area contributed by atoms with Gasteiger partial charge in [-0.15, -0.1) is 0 Å². The van der Waals surface area contributed by atoms with E-state index in [9.17, 15) is 0 Å². The van der Waals surface area contributed by atoms with Crippen molar-refractivity contribution in [2.75, 3.05) is 0 Å². The molecule has 0 aliphatic rings. The van der Waals surface area contributed by atoms with Crippen LogP contribution in [0.3, 0.4) is 0 Å². The van der Waals surface area contributed by atoms with Crippen LogP contribution in [0, 0.1) is 11.8 Å². The van der Waals surface area contributed by atoms with Gasteiger partial charge in [0.2, 0.25) is 0 Å². The first-order valence-corrected chi connectivity index (χ1v) is 4.98. The van der Waals surface area contributed by atoms with Crippen LogP contribution in [0.25, 0.3) is 0 Å². The first-order chi connectivity index (χ1) is 5.06. The van der Waals surface area contributed by atoms with E-state index in [4.69, 9.17) is 12.2 Å². The topological polar surface area (TPSA) is 0 Å². The number of hydrogen-bond acceptors (Lipinski definition) is 1. The monoisotopic (exact) mass is 172 g/mol. The molecule has 66 valence electrons. The Balaban J connectivity index is 3.52. The van der Waals surface area contributed by atoms with Gasteiger partial charge in [-0.25, -0.2) is 0 Å². The van der Waals surface area contributed by atoms with Gasteiger partial charge in [-0.2, -0.15) is 0 Å². The van der Waals surface area contributed by atoms with Gasteiger partial charge in [0.1, 0.15) is 0 Å². The van der Waals surface area contributed by atoms with Gasteiger partial charge < -0.3 is 0 Å². The molecule has 0 fully saturated rings. The van der Waals surface area contributed by atoms with E-state index in [1.165, 1.54) is 11.3 Å². The molecule has 1 heteroatoms. The average Bonchev–Trinajstić information content (AvgIpc) is 1.85. The summed E-state index contributed by atoms with van der Waals surface area (Å²) in [5.74, 6) is 1.51. The normalized spacial score (nSPS) is 13.5. The van der Waals surface area contributed by atoms with Crippen molar-refractivity contribution in [2.45, 2.75) is 47.0 Å². The Kier molecular flexibility index (Phi) is 5.75. The van der Waals surface area contributed by atoms with Crippen LogP contribution >= 0.6 is 12.2 Å². The summed E-state index contributed by atoms with van der Waals surface area (Å²) in [6.07, 6.45) is 3.52. The number of hydrogen-bond donors (Lipinski definition) is 0. The van der Waals surface area contributed by atoms with Crippen LogP contribution in [-0.4, -0.2) is 4.86 Å². The van der Waals surface area contributed by atoms with Crippen molar-refractivity contribution in [1.29, 1.82) is 0 Å². The minimum absolute atomic E-state index is 0.728. The first kappa shape index (κ1) is 11.1. The molecule has 0 saturated heterocycles. The van der Waals surface area contributed by atoms with E-state index >= 15 is 0 Å². The second-order valence-electron chi connectivity index (χ2n) is 3.85. The van der Waals surface area contributed by atoms with E-state index in [1.807, 2.05) is 0 Å². The van der Waals surface area contributed by atoms with E-state index in [-0.39, 0.29) is 0 Å². The fourth-order valence-corrected chi connectivity index (χ4v) is 1.69. The molecule has 0 amide bonds. The van der Waals surface area contributed by atoms with Gasteiger partial charge in [-0.3, -0.25) is 0 Å². The number of rotatable bonds is 5. The van der Waals surface area contributed by atoms with Crippen molar-refractivity contribution in [3.63, 3.8) is 0 Å². The van der Waals surface area contributed by atoms with Crippen LogP contribution in [-0.2, 0) is 0 Å². The van der Waals surface area contributed by atoms with Crippen LogP contribution in [0.5, 0.6) is 0 Å². The first-order valence-electron chi connectivity index (χ1n) is 4.58. The molecule has 0 aromatic heterocycles. The van der Waals surface area contributed by atoms with Gasteiger partial charge >= 0.3 is 0 Å². The smallest absolute Gasteiger partial charge is 0.00663 e. The third-order valence-electron chi connectivity index (χ3n) is 1.91. The molecular formula is C10H20S. The Bertz CT molecular complexity index is 116. The van der Waals surface area contributed by atoms with Crippen molar-refractivity contribution >= 4 is 17.1 Å². The molecule has 0 aromatic rings. The minimum atomic E-state index is 0.728. The zero-order chi connectivity index (χ0) is 8.85. The summed E-state index contributed by atoms with van der Waals surface area (Å²) >= 11 is 5.27. The van der Waals surface area contributed by atoms with Crippen molar-refractivity contribution in [2.24, 2.45) is 11.8 Å². The fraction of sp³-hybridized carbons (Fsp3) is 0.900. The minimum Gasteiger partial charge on any atom is -0.0897 e. The quantitative estimate of drug-likeness (QED) is 0.568. The molecule has 0 aliphatic carbocycles. The van der Waals surface area contributed by atoms with Gasteiger partial charge in [-0.1, -0.05) is 46.3 Å². The molecule has 0 spiro atoms. The number of thiocarbonyl (C=S) groups is 1. The van der Waals surface area contributed by atoms with Gasteiger partial charge in [0.15, 0.2) is 0 Å². The lowest BCUT2D eigenvalue weighted by Gasteiger charge is -2.10. The summed E-state index contributed by atoms with van der Waals surface area (Å²) in [5, 5.41) is 0. The Labute approximate surface area is 76.4 Å². The van der Waals surface area contributed by atoms with Crippen LogP contribution in [0.15, 0.2) is 0 Å². The molecule has 0 radical (unpaired) electrons. The van der Waals surface area contributed by atoms with Crippen LogP contribution in [0.2, 0.25) is 0 Å². The predicted molar refractivity (Wildman–Crippen MR) is 56.1 cm³/mol. The Morgan fingerprint density at radius 2 is 1.73 bits per heavy atom. The van der Waals surface area contributed by atoms with Crippen LogP contribution in [0.4, 0.5) is 0 Å². The van der Waals surface area contributed by atoms with Crippen LogP contribution in [0.1, 0.15) is 47.0 Å². The summed E-state index contributed by atoms with van der Waals surface area (Å²) in [5.41, 5.74) is 0. The average molecular weight is 172 g/mol. The summed E-state index contributed by atoms with van der Waals surface area (Å²) < 4.78 is 0. The molecule has 1 atom stereocenters. The van der Waals surface area contributed by atoms with Gasteiger partial charge in [0, 0.05) is 0 Å². The van der Waals surface area contributed by atoms with Gasteiger partial charge in [0.05, 0.1) is 0 Å². The third-order valence-corrected chi connectivity index (χ3v) is 2.24. The third kappa shape index (κ3) is 6.49. The molecule has 0 bridgehead atoms. The van der Waals surface area contributed by atoms with Gasteiger partial charge in [0.25, 0.3) is 0 Å². The fourth-order valence-electron chi connectivity index (χ4n) is 1.07. The highest BCUT2D eigenvalue weighted by Gasteiger charge is 2.05. The second-order valence-corrected chi connectivity index (χ2v) is 4.43. The molecule has 0 aliphatic heterocycles. The van der Waals surface area contributed by atoms with Crippen molar-refractivity contribution < 1.29 is 0 Å². The SMILES string of the molecule is CCC(C)CC(=S)CC(C)C. The van der Waals surface area contributed by atoms with Crippen molar-refractivity contribution in [3.8, 4) is 0 Å².